The molecule has 4 rings (SSSR count). The lowest BCUT2D eigenvalue weighted by molar-refractivity contribution is -0.119. The average Bonchev–Trinajstić information content (AvgIpc) is 2.88. The van der Waals surface area contributed by atoms with E-state index >= 15 is 0 Å². The number of anilines is 1. The highest BCUT2D eigenvalue weighted by molar-refractivity contribution is 5.75. The van der Waals surface area contributed by atoms with E-state index in [2.05, 4.69) is 26.7 Å². The SMILES string of the molecule is C.CC.CC.CCC1CCN(CC(N)=O)CC1.Cc1ncnc(N(CC2CCCCC2)C2CCC2)c1F. The lowest BCUT2D eigenvalue weighted by Crippen LogP contribution is -2.44. The van der Waals surface area contributed by atoms with E-state index in [1.807, 2.05) is 27.7 Å². The third-order valence-electron chi connectivity index (χ3n) is 7.58. The molecular formula is C30H58FN5O. The highest BCUT2D eigenvalue weighted by atomic mass is 19.1. The molecule has 2 aliphatic carbocycles. The minimum absolute atomic E-state index is 0. The summed E-state index contributed by atoms with van der Waals surface area (Å²) in [5, 5.41) is 0. The number of aryl methyl sites for hydroxylation is 1. The van der Waals surface area contributed by atoms with E-state index in [1.165, 1.54) is 77.0 Å². The Morgan fingerprint density at radius 1 is 0.973 bits per heavy atom. The normalized spacial score (nSPS) is 18.4. The summed E-state index contributed by atoms with van der Waals surface area (Å²) in [4.78, 5) is 23.2. The van der Waals surface area contributed by atoms with Gasteiger partial charge in [0.2, 0.25) is 5.91 Å². The molecule has 1 aromatic rings. The van der Waals surface area contributed by atoms with Crippen molar-refractivity contribution in [2.75, 3.05) is 31.1 Å². The van der Waals surface area contributed by atoms with Crippen LogP contribution in [0.4, 0.5) is 10.2 Å². The molecule has 0 spiro atoms. The zero-order valence-corrected chi connectivity index (χ0v) is 24.1. The van der Waals surface area contributed by atoms with Crippen LogP contribution >= 0.6 is 0 Å². The Bertz CT molecular complexity index is 714. The fraction of sp³-hybridized carbons (Fsp3) is 0.833. The molecule has 0 radical (unpaired) electrons. The number of likely N-dealkylation sites (tertiary alicyclic amines) is 1. The van der Waals surface area contributed by atoms with Crippen molar-refractivity contribution in [3.05, 3.63) is 17.8 Å². The van der Waals surface area contributed by atoms with Crippen LogP contribution in [0.25, 0.3) is 0 Å². The van der Waals surface area contributed by atoms with Crippen LogP contribution < -0.4 is 10.6 Å². The number of amides is 1. The standard InChI is InChI=1S/C16H24FN3.C9H18N2O.2C2H6.CH4/c1-12-15(17)16(19-11-18-12)20(14-8-5-9-14)10-13-6-3-2-4-7-13;1-2-8-3-5-11(6-4-8)7-9(10)12;2*1-2;/h11,13-14H,2-10H2,1H3;8H,2-7H2,1H3,(H2,10,12);2*1-2H3;1H4. The minimum Gasteiger partial charge on any atom is -0.369 e. The predicted molar refractivity (Wildman–Crippen MR) is 156 cm³/mol. The number of carbonyl (C=O) groups excluding carboxylic acids is 1. The number of hydrogen-bond acceptors (Lipinski definition) is 5. The van der Waals surface area contributed by atoms with Gasteiger partial charge < -0.3 is 10.6 Å². The number of primary amides is 1. The largest absolute Gasteiger partial charge is 0.369 e. The van der Waals surface area contributed by atoms with Gasteiger partial charge in [0.25, 0.3) is 0 Å². The van der Waals surface area contributed by atoms with E-state index in [0.29, 0.717) is 30.0 Å². The van der Waals surface area contributed by atoms with Gasteiger partial charge in [-0.25, -0.2) is 14.4 Å². The van der Waals surface area contributed by atoms with E-state index in [1.54, 1.807) is 6.92 Å². The Kier molecular flexibility index (Phi) is 19.3. The van der Waals surface area contributed by atoms with Crippen molar-refractivity contribution in [1.29, 1.82) is 0 Å². The first kappa shape index (κ1) is 35.2. The number of nitrogens with two attached hydrogens (primary N) is 1. The summed E-state index contributed by atoms with van der Waals surface area (Å²) >= 11 is 0. The molecule has 0 atom stereocenters. The van der Waals surface area contributed by atoms with Crippen LogP contribution in [0.1, 0.15) is 118 Å². The van der Waals surface area contributed by atoms with Crippen LogP contribution in [0.5, 0.6) is 0 Å². The van der Waals surface area contributed by atoms with Crippen molar-refractivity contribution in [3.63, 3.8) is 0 Å². The Morgan fingerprint density at radius 2 is 1.57 bits per heavy atom. The summed E-state index contributed by atoms with van der Waals surface area (Å²) in [6, 6.07) is 0.487. The van der Waals surface area contributed by atoms with Gasteiger partial charge in [-0.05, 0) is 76.8 Å². The lowest BCUT2D eigenvalue weighted by Gasteiger charge is -2.41. The van der Waals surface area contributed by atoms with Crippen LogP contribution in [-0.4, -0.2) is 53.0 Å². The average molecular weight is 524 g/mol. The zero-order chi connectivity index (χ0) is 26.9. The number of hydrogen-bond donors (Lipinski definition) is 1. The predicted octanol–water partition coefficient (Wildman–Crippen LogP) is 7.15. The van der Waals surface area contributed by atoms with Gasteiger partial charge >= 0.3 is 0 Å². The van der Waals surface area contributed by atoms with Crippen molar-refractivity contribution in [2.45, 2.75) is 126 Å². The molecule has 1 amide bonds. The Hall–Kier alpha value is -1.76. The summed E-state index contributed by atoms with van der Waals surface area (Å²) < 4.78 is 14.4. The second-order valence-corrected chi connectivity index (χ2v) is 9.93. The molecule has 1 aromatic heterocycles. The molecular weight excluding hydrogens is 465 g/mol. The van der Waals surface area contributed by atoms with Gasteiger partial charge in [0.05, 0.1) is 12.2 Å². The molecule has 0 bridgehead atoms. The monoisotopic (exact) mass is 523 g/mol. The fourth-order valence-corrected chi connectivity index (χ4v) is 5.17. The number of halogens is 1. The summed E-state index contributed by atoms with van der Waals surface area (Å²) in [5.74, 6) is 1.68. The maximum absolute atomic E-state index is 14.4. The first-order valence-electron chi connectivity index (χ1n) is 14.7. The highest BCUT2D eigenvalue weighted by Gasteiger charge is 2.30. The first-order chi connectivity index (χ1) is 17.5. The first-order valence-corrected chi connectivity index (χ1v) is 14.7. The fourth-order valence-electron chi connectivity index (χ4n) is 5.17. The summed E-state index contributed by atoms with van der Waals surface area (Å²) in [6.07, 6.45) is 15.4. The molecule has 216 valence electrons. The lowest BCUT2D eigenvalue weighted by atomic mass is 9.86. The van der Waals surface area contributed by atoms with E-state index < -0.39 is 0 Å². The van der Waals surface area contributed by atoms with Gasteiger partial charge in [-0.2, -0.15) is 0 Å². The number of carbonyl (C=O) groups is 1. The number of aromatic nitrogens is 2. The molecule has 3 fully saturated rings. The molecule has 0 aromatic carbocycles. The van der Waals surface area contributed by atoms with Crippen LogP contribution in [0.2, 0.25) is 0 Å². The molecule has 6 nitrogen and oxygen atoms in total. The van der Waals surface area contributed by atoms with Gasteiger partial charge in [-0.1, -0.05) is 67.7 Å². The quantitative estimate of drug-likeness (QED) is 0.411. The third-order valence-corrected chi connectivity index (χ3v) is 7.58. The molecule has 1 aliphatic heterocycles. The van der Waals surface area contributed by atoms with Gasteiger partial charge in [-0.3, -0.25) is 9.69 Å². The van der Waals surface area contributed by atoms with Crippen LogP contribution in [0, 0.1) is 24.6 Å². The van der Waals surface area contributed by atoms with E-state index in [0.717, 1.165) is 25.6 Å². The van der Waals surface area contributed by atoms with Crippen molar-refractivity contribution in [2.24, 2.45) is 17.6 Å². The maximum atomic E-state index is 14.4. The van der Waals surface area contributed by atoms with Crippen molar-refractivity contribution >= 4 is 11.7 Å². The van der Waals surface area contributed by atoms with Crippen LogP contribution in [0.3, 0.4) is 0 Å². The van der Waals surface area contributed by atoms with Gasteiger partial charge in [0, 0.05) is 12.6 Å². The van der Waals surface area contributed by atoms with E-state index in [9.17, 15) is 9.18 Å². The molecule has 7 heteroatoms. The summed E-state index contributed by atoms with van der Waals surface area (Å²) in [5.41, 5.74) is 5.57. The van der Waals surface area contributed by atoms with Crippen molar-refractivity contribution in [1.82, 2.24) is 14.9 Å². The van der Waals surface area contributed by atoms with Crippen molar-refractivity contribution in [3.8, 4) is 0 Å². The summed E-state index contributed by atoms with van der Waals surface area (Å²) in [6.45, 7) is 15.5. The van der Waals surface area contributed by atoms with Gasteiger partial charge in [0.1, 0.15) is 6.33 Å². The topological polar surface area (TPSA) is 75.3 Å². The van der Waals surface area contributed by atoms with Crippen LogP contribution in [-0.2, 0) is 4.79 Å². The second-order valence-electron chi connectivity index (χ2n) is 9.93. The molecule has 2 saturated carbocycles. The van der Waals surface area contributed by atoms with Crippen molar-refractivity contribution < 1.29 is 9.18 Å². The highest BCUT2D eigenvalue weighted by Crippen LogP contribution is 2.33. The Balaban J connectivity index is 0.000000659. The number of rotatable bonds is 7. The van der Waals surface area contributed by atoms with Gasteiger partial charge in [-0.15, -0.1) is 0 Å². The maximum Gasteiger partial charge on any atom is 0.231 e. The molecule has 0 unspecified atom stereocenters. The van der Waals surface area contributed by atoms with Crippen LogP contribution in [0.15, 0.2) is 6.33 Å². The second kappa shape index (κ2) is 20.2. The van der Waals surface area contributed by atoms with E-state index in [-0.39, 0.29) is 19.2 Å². The smallest absolute Gasteiger partial charge is 0.231 e. The Morgan fingerprint density at radius 3 is 2.05 bits per heavy atom. The minimum atomic E-state index is -0.227. The van der Waals surface area contributed by atoms with Gasteiger partial charge in [0.15, 0.2) is 11.6 Å². The molecule has 37 heavy (non-hydrogen) atoms. The van der Waals surface area contributed by atoms with E-state index in [4.69, 9.17) is 5.73 Å². The third kappa shape index (κ3) is 12.1. The molecule has 2 heterocycles. The number of piperidine rings is 1. The molecule has 1 saturated heterocycles. The molecule has 2 N–H and O–H groups in total. The molecule has 3 aliphatic rings. The number of nitrogens with zero attached hydrogens (tertiary/aromatic N) is 4. The summed E-state index contributed by atoms with van der Waals surface area (Å²) in [7, 11) is 0. The Labute approximate surface area is 228 Å². The zero-order valence-electron chi connectivity index (χ0n) is 24.1.